The minimum Gasteiger partial charge on any atom is -0.346 e. The van der Waals surface area contributed by atoms with E-state index in [2.05, 4.69) is 37.9 Å². The lowest BCUT2D eigenvalue weighted by molar-refractivity contribution is 0.00951. The normalized spacial score (nSPS) is 17.0. The molecule has 1 aliphatic rings. The van der Waals surface area contributed by atoms with E-state index in [4.69, 9.17) is 0 Å². The molecule has 0 unspecified atom stereocenters. The Bertz CT molecular complexity index is 879. The number of hydrogen-bond acceptors (Lipinski definition) is 5. The fourth-order valence-electron chi connectivity index (χ4n) is 3.30. The average molecular weight is 307 g/mol. The van der Waals surface area contributed by atoms with Crippen molar-refractivity contribution in [3.8, 4) is 17.3 Å². The Morgan fingerprint density at radius 3 is 3.04 bits per heavy atom. The van der Waals surface area contributed by atoms with Crippen LogP contribution in [0.4, 0.5) is 0 Å². The molecule has 0 spiro atoms. The van der Waals surface area contributed by atoms with Crippen molar-refractivity contribution in [2.45, 2.75) is 18.9 Å². The zero-order valence-corrected chi connectivity index (χ0v) is 12.9. The van der Waals surface area contributed by atoms with Crippen LogP contribution in [0.2, 0.25) is 0 Å². The number of nitrogens with one attached hydrogen (secondary N) is 1. The molecule has 0 aliphatic carbocycles. The van der Waals surface area contributed by atoms with Crippen LogP contribution in [0.15, 0.2) is 31.0 Å². The van der Waals surface area contributed by atoms with Gasteiger partial charge in [-0.1, -0.05) is 6.92 Å². The lowest BCUT2D eigenvalue weighted by atomic mass is 9.87. The fraction of sp³-hybridized carbons (Fsp3) is 0.375. The molecule has 0 atom stereocenters. The number of likely N-dealkylation sites (N-methyl/N-ethyl adjacent to an activating group) is 1. The second-order valence-electron chi connectivity index (χ2n) is 6.00. The van der Waals surface area contributed by atoms with Gasteiger partial charge in [0, 0.05) is 36.4 Å². The van der Waals surface area contributed by atoms with Gasteiger partial charge >= 0.3 is 0 Å². The predicted molar refractivity (Wildman–Crippen MR) is 85.4 cm³/mol. The maximum absolute atomic E-state index is 9.19. The molecule has 1 fully saturated rings. The molecule has 1 N–H and O–H groups in total. The van der Waals surface area contributed by atoms with Crippen molar-refractivity contribution in [3.05, 3.63) is 31.0 Å². The molecule has 4 rings (SSSR count). The third-order valence-electron chi connectivity index (χ3n) is 4.59. The summed E-state index contributed by atoms with van der Waals surface area (Å²) in [6.45, 7) is 4.86. The Balaban J connectivity index is 1.72. The molecule has 0 saturated carbocycles. The summed E-state index contributed by atoms with van der Waals surface area (Å²) in [5, 5.41) is 14.7. The highest BCUT2D eigenvalue weighted by Gasteiger charge is 2.44. The first-order valence-corrected chi connectivity index (χ1v) is 7.69. The van der Waals surface area contributed by atoms with Gasteiger partial charge in [-0.3, -0.25) is 9.58 Å². The van der Waals surface area contributed by atoms with Crippen molar-refractivity contribution >= 4 is 11.0 Å². The predicted octanol–water partition coefficient (Wildman–Crippen LogP) is 1.77. The Kier molecular flexibility index (Phi) is 3.13. The molecule has 1 aliphatic heterocycles. The van der Waals surface area contributed by atoms with Gasteiger partial charge in [-0.15, -0.1) is 0 Å². The molecule has 0 amide bonds. The van der Waals surface area contributed by atoms with Crippen LogP contribution >= 0.6 is 0 Å². The molecule has 1 saturated heterocycles. The third kappa shape index (κ3) is 2.11. The lowest BCUT2D eigenvalue weighted by Gasteiger charge is -2.48. The van der Waals surface area contributed by atoms with Crippen LogP contribution in [0.3, 0.4) is 0 Å². The molecule has 7 nitrogen and oxygen atoms in total. The van der Waals surface area contributed by atoms with Gasteiger partial charge in [0.05, 0.1) is 24.4 Å². The standard InChI is InChI=1S/C16H17N7/c1-2-22-9-16(10-22,4-5-17)23-8-12(7-21-23)14-13-3-6-18-15(13)20-11-19-14/h3,6-8,11H,2,4,9-10H2,1H3,(H,18,19,20). The van der Waals surface area contributed by atoms with Gasteiger partial charge in [-0.2, -0.15) is 10.4 Å². The summed E-state index contributed by atoms with van der Waals surface area (Å²) in [4.78, 5) is 14.0. The molecule has 0 radical (unpaired) electrons. The number of fused-ring (bicyclic) bond motifs is 1. The summed E-state index contributed by atoms with van der Waals surface area (Å²) in [5.41, 5.74) is 2.41. The average Bonchev–Trinajstić information content (AvgIpc) is 3.18. The van der Waals surface area contributed by atoms with Gasteiger partial charge < -0.3 is 4.98 Å². The molecule has 23 heavy (non-hydrogen) atoms. The van der Waals surface area contributed by atoms with Crippen LogP contribution in [0.5, 0.6) is 0 Å². The maximum Gasteiger partial charge on any atom is 0.141 e. The van der Waals surface area contributed by atoms with Gasteiger partial charge in [0.1, 0.15) is 17.5 Å². The van der Waals surface area contributed by atoms with E-state index < -0.39 is 0 Å². The Morgan fingerprint density at radius 2 is 2.26 bits per heavy atom. The monoisotopic (exact) mass is 307 g/mol. The summed E-state index contributed by atoms with van der Waals surface area (Å²) >= 11 is 0. The van der Waals surface area contributed by atoms with E-state index >= 15 is 0 Å². The Morgan fingerprint density at radius 1 is 1.39 bits per heavy atom. The summed E-state index contributed by atoms with van der Waals surface area (Å²) in [7, 11) is 0. The fourth-order valence-corrected chi connectivity index (χ4v) is 3.30. The summed E-state index contributed by atoms with van der Waals surface area (Å²) in [6, 6.07) is 4.28. The number of aromatic nitrogens is 5. The topological polar surface area (TPSA) is 86.4 Å². The largest absolute Gasteiger partial charge is 0.346 e. The van der Waals surface area contributed by atoms with E-state index in [1.165, 1.54) is 0 Å². The van der Waals surface area contributed by atoms with Gasteiger partial charge in [0.15, 0.2) is 0 Å². The van der Waals surface area contributed by atoms with Gasteiger partial charge in [-0.05, 0) is 12.6 Å². The van der Waals surface area contributed by atoms with E-state index in [-0.39, 0.29) is 5.54 Å². The first kappa shape index (κ1) is 13.9. The zero-order valence-electron chi connectivity index (χ0n) is 12.9. The minimum atomic E-state index is -0.215. The van der Waals surface area contributed by atoms with Crippen molar-refractivity contribution in [1.82, 2.24) is 29.6 Å². The number of aromatic amines is 1. The van der Waals surface area contributed by atoms with E-state index in [1.807, 2.05) is 29.3 Å². The van der Waals surface area contributed by atoms with Gasteiger partial charge in [-0.25, -0.2) is 9.97 Å². The number of rotatable bonds is 4. The molecule has 3 aromatic heterocycles. The second kappa shape index (κ2) is 5.18. The summed E-state index contributed by atoms with van der Waals surface area (Å²) in [6.07, 6.45) is 7.70. The first-order valence-electron chi connectivity index (χ1n) is 7.69. The maximum atomic E-state index is 9.19. The molecule has 0 bridgehead atoms. The Hall–Kier alpha value is -2.72. The van der Waals surface area contributed by atoms with E-state index in [0.717, 1.165) is 41.9 Å². The quantitative estimate of drug-likeness (QED) is 0.793. The van der Waals surface area contributed by atoms with Crippen LogP contribution in [0.1, 0.15) is 13.3 Å². The molecular weight excluding hydrogens is 290 g/mol. The van der Waals surface area contributed by atoms with Crippen LogP contribution in [-0.4, -0.2) is 49.3 Å². The second-order valence-corrected chi connectivity index (χ2v) is 6.00. The van der Waals surface area contributed by atoms with Crippen molar-refractivity contribution in [3.63, 3.8) is 0 Å². The number of likely N-dealkylation sites (tertiary alicyclic amines) is 1. The van der Waals surface area contributed by atoms with Crippen LogP contribution in [-0.2, 0) is 5.54 Å². The van der Waals surface area contributed by atoms with Gasteiger partial charge in [0.2, 0.25) is 0 Å². The van der Waals surface area contributed by atoms with Crippen molar-refractivity contribution in [1.29, 1.82) is 5.26 Å². The SMILES string of the molecule is CCN1CC(CC#N)(n2cc(-c3ncnc4[nH]ccc34)cn2)C1. The van der Waals surface area contributed by atoms with Crippen LogP contribution in [0, 0.1) is 11.3 Å². The number of H-pyrrole nitrogens is 1. The minimum absolute atomic E-state index is 0.215. The highest BCUT2D eigenvalue weighted by Crippen LogP contribution is 2.33. The van der Waals surface area contributed by atoms with Crippen molar-refractivity contribution < 1.29 is 0 Å². The smallest absolute Gasteiger partial charge is 0.141 e. The molecule has 7 heteroatoms. The zero-order chi connectivity index (χ0) is 15.9. The Labute approximate surface area is 133 Å². The highest BCUT2D eigenvalue weighted by atomic mass is 15.4. The van der Waals surface area contributed by atoms with Crippen LogP contribution < -0.4 is 0 Å². The van der Waals surface area contributed by atoms with Crippen molar-refractivity contribution in [2.24, 2.45) is 0 Å². The van der Waals surface area contributed by atoms with E-state index in [9.17, 15) is 5.26 Å². The summed E-state index contributed by atoms with van der Waals surface area (Å²) < 4.78 is 1.94. The molecule has 4 heterocycles. The first-order chi connectivity index (χ1) is 11.3. The highest BCUT2D eigenvalue weighted by molar-refractivity contribution is 5.89. The number of nitriles is 1. The molecule has 3 aromatic rings. The summed E-state index contributed by atoms with van der Waals surface area (Å²) in [5.74, 6) is 0. The van der Waals surface area contributed by atoms with Crippen LogP contribution in [0.25, 0.3) is 22.3 Å². The third-order valence-corrected chi connectivity index (χ3v) is 4.59. The number of hydrogen-bond donors (Lipinski definition) is 1. The molecular formula is C16H17N7. The van der Waals surface area contributed by atoms with Gasteiger partial charge in [0.25, 0.3) is 0 Å². The van der Waals surface area contributed by atoms with E-state index in [1.54, 1.807) is 6.33 Å². The number of nitrogens with zero attached hydrogens (tertiary/aromatic N) is 6. The van der Waals surface area contributed by atoms with Crippen molar-refractivity contribution in [2.75, 3.05) is 19.6 Å². The molecule has 0 aromatic carbocycles. The lowest BCUT2D eigenvalue weighted by Crippen LogP contribution is -2.62. The molecule has 116 valence electrons. The van der Waals surface area contributed by atoms with E-state index in [0.29, 0.717) is 6.42 Å².